The van der Waals surface area contributed by atoms with Gasteiger partial charge in [0, 0.05) is 16.7 Å². The summed E-state index contributed by atoms with van der Waals surface area (Å²) in [5.74, 6) is 0.233. The molecule has 6 nitrogen and oxygen atoms in total. The molecule has 1 spiro atoms. The van der Waals surface area contributed by atoms with Crippen LogP contribution >= 0.6 is 0 Å². The van der Waals surface area contributed by atoms with Gasteiger partial charge in [-0.2, -0.15) is 5.10 Å². The molecule has 3 fully saturated rings. The normalized spacial score (nSPS) is 36.6. The van der Waals surface area contributed by atoms with Gasteiger partial charge in [-0.15, -0.1) is 0 Å². The van der Waals surface area contributed by atoms with Gasteiger partial charge >= 0.3 is 0 Å². The van der Waals surface area contributed by atoms with Crippen LogP contribution < -0.4 is 0 Å². The molecule has 0 unspecified atom stereocenters. The Bertz CT molecular complexity index is 888. The minimum Gasteiger partial charge on any atom is -0.281 e. The third-order valence-corrected chi connectivity index (χ3v) is 10.0. The Kier molecular flexibility index (Phi) is 3.30. The van der Waals surface area contributed by atoms with E-state index in [9.17, 15) is 13.2 Å². The first-order chi connectivity index (χ1) is 12.3. The van der Waals surface area contributed by atoms with Gasteiger partial charge in [0.1, 0.15) is 0 Å². The third-order valence-electron chi connectivity index (χ3n) is 8.12. The van der Waals surface area contributed by atoms with Crippen molar-refractivity contribution in [2.24, 2.45) is 16.7 Å². The molecule has 3 atom stereocenters. The maximum Gasteiger partial charge on any atom is 0.288 e. The third kappa shape index (κ3) is 1.90. The molecule has 3 aliphatic carbocycles. The number of amides is 1. The topological polar surface area (TPSA) is 83.1 Å². The molecule has 2 heterocycles. The molecule has 1 aromatic heterocycles. The van der Waals surface area contributed by atoms with Crippen LogP contribution in [0.25, 0.3) is 0 Å². The summed E-state index contributed by atoms with van der Waals surface area (Å²) in [6.07, 6.45) is 7.77. The standard InChI is InChI=1S/C19H27N3O3S/c1-18(2)12-8-9-19(18)11-26(24,25)22(15(19)10-12)17(23)16-13-6-4-3-5-7-14(13)20-21-16/h12,15H,3-11H2,1-2H3,(H,20,21)/t12-,15-,19-/m0/s1. The first-order valence-electron chi connectivity index (χ1n) is 9.90. The van der Waals surface area contributed by atoms with Crippen LogP contribution in [0, 0.1) is 16.7 Å². The number of nitrogens with zero attached hydrogens (tertiary/aromatic N) is 2. The summed E-state index contributed by atoms with van der Waals surface area (Å²) in [6, 6.07) is -0.188. The maximum atomic E-state index is 13.4. The Morgan fingerprint density at radius 1 is 1.23 bits per heavy atom. The summed E-state index contributed by atoms with van der Waals surface area (Å²) >= 11 is 0. The molecule has 7 heteroatoms. The first-order valence-corrected chi connectivity index (χ1v) is 11.5. The van der Waals surface area contributed by atoms with Crippen LogP contribution in [0.5, 0.6) is 0 Å². The largest absolute Gasteiger partial charge is 0.288 e. The number of H-pyrrole nitrogens is 1. The van der Waals surface area contributed by atoms with Gasteiger partial charge in [0.05, 0.1) is 11.8 Å². The van der Waals surface area contributed by atoms with E-state index in [-0.39, 0.29) is 22.6 Å². The van der Waals surface area contributed by atoms with Crippen LogP contribution in [0.4, 0.5) is 0 Å². The van der Waals surface area contributed by atoms with Gasteiger partial charge in [0.25, 0.3) is 5.91 Å². The lowest BCUT2D eigenvalue weighted by molar-refractivity contribution is 0.0695. The van der Waals surface area contributed by atoms with Crippen molar-refractivity contribution in [2.75, 3.05) is 5.75 Å². The number of carbonyl (C=O) groups is 1. The molecule has 2 bridgehead atoms. The molecule has 1 saturated heterocycles. The molecule has 0 aromatic carbocycles. The van der Waals surface area contributed by atoms with E-state index >= 15 is 0 Å². The lowest BCUT2D eigenvalue weighted by atomic mass is 9.69. The average molecular weight is 378 g/mol. The fourth-order valence-corrected chi connectivity index (χ4v) is 9.01. The highest BCUT2D eigenvalue weighted by molar-refractivity contribution is 7.90. The Hall–Kier alpha value is -1.37. The Balaban J connectivity index is 1.57. The van der Waals surface area contributed by atoms with Gasteiger partial charge in [-0.05, 0) is 56.3 Å². The number of nitrogens with one attached hydrogen (secondary N) is 1. The van der Waals surface area contributed by atoms with Crippen molar-refractivity contribution in [3.05, 3.63) is 17.0 Å². The van der Waals surface area contributed by atoms with Crippen molar-refractivity contribution in [2.45, 2.75) is 71.3 Å². The number of aromatic amines is 1. The fraction of sp³-hybridized carbons (Fsp3) is 0.789. The molecule has 1 N–H and O–H groups in total. The van der Waals surface area contributed by atoms with E-state index in [2.05, 4.69) is 24.0 Å². The van der Waals surface area contributed by atoms with Crippen molar-refractivity contribution in [1.29, 1.82) is 0 Å². The summed E-state index contributed by atoms with van der Waals surface area (Å²) in [4.78, 5) is 13.4. The molecule has 1 amide bonds. The molecular formula is C19H27N3O3S. The van der Waals surface area contributed by atoms with Gasteiger partial charge in [0.15, 0.2) is 5.69 Å². The summed E-state index contributed by atoms with van der Waals surface area (Å²) < 4.78 is 27.4. The van der Waals surface area contributed by atoms with E-state index in [4.69, 9.17) is 0 Å². The number of aromatic nitrogens is 2. The van der Waals surface area contributed by atoms with Crippen molar-refractivity contribution in [3.63, 3.8) is 0 Å². The van der Waals surface area contributed by atoms with Crippen molar-refractivity contribution in [1.82, 2.24) is 14.5 Å². The molecule has 142 valence electrons. The van der Waals surface area contributed by atoms with E-state index in [1.807, 2.05) is 0 Å². The second-order valence-electron chi connectivity index (χ2n) is 9.31. The predicted molar refractivity (Wildman–Crippen MR) is 97.1 cm³/mol. The van der Waals surface area contributed by atoms with Gasteiger partial charge in [0.2, 0.25) is 10.0 Å². The zero-order valence-electron chi connectivity index (χ0n) is 15.5. The van der Waals surface area contributed by atoms with Crippen LogP contribution in [0.3, 0.4) is 0 Å². The van der Waals surface area contributed by atoms with Gasteiger partial charge in [-0.25, -0.2) is 12.7 Å². The number of aryl methyl sites for hydroxylation is 1. The van der Waals surface area contributed by atoms with Crippen LogP contribution in [-0.2, 0) is 22.9 Å². The molecule has 5 rings (SSSR count). The molecule has 1 aliphatic heterocycles. The van der Waals surface area contributed by atoms with E-state index < -0.39 is 15.9 Å². The Morgan fingerprint density at radius 2 is 2.00 bits per heavy atom. The van der Waals surface area contributed by atoms with Crippen LogP contribution in [0.15, 0.2) is 0 Å². The molecular weight excluding hydrogens is 350 g/mol. The van der Waals surface area contributed by atoms with Gasteiger partial charge in [-0.1, -0.05) is 20.3 Å². The number of hydrogen-bond acceptors (Lipinski definition) is 4. The van der Waals surface area contributed by atoms with E-state index in [0.717, 1.165) is 62.6 Å². The smallest absolute Gasteiger partial charge is 0.281 e. The minimum atomic E-state index is -3.59. The summed E-state index contributed by atoms with van der Waals surface area (Å²) in [7, 11) is -3.59. The van der Waals surface area contributed by atoms with Crippen LogP contribution in [0.2, 0.25) is 0 Å². The number of hydrogen-bond donors (Lipinski definition) is 1. The zero-order chi connectivity index (χ0) is 18.3. The van der Waals surface area contributed by atoms with Crippen molar-refractivity contribution < 1.29 is 13.2 Å². The molecule has 1 aromatic rings. The Morgan fingerprint density at radius 3 is 2.77 bits per heavy atom. The SMILES string of the molecule is CC1(C)[C@H]2CC[C@@]13CS(=O)(=O)N(C(=O)c1n[nH]c4c1CCCCC4)[C@H]3C2. The monoisotopic (exact) mass is 377 g/mol. The number of rotatable bonds is 1. The Labute approximate surface area is 154 Å². The second kappa shape index (κ2) is 5.12. The number of carbonyl (C=O) groups excluding carboxylic acids is 1. The average Bonchev–Trinajstić information content (AvgIpc) is 3.14. The van der Waals surface area contributed by atoms with Crippen LogP contribution in [-0.4, -0.2) is 40.6 Å². The molecule has 2 saturated carbocycles. The van der Waals surface area contributed by atoms with Gasteiger partial charge < -0.3 is 0 Å². The summed E-state index contributed by atoms with van der Waals surface area (Å²) in [5, 5.41) is 7.29. The van der Waals surface area contributed by atoms with Gasteiger partial charge in [-0.3, -0.25) is 9.89 Å². The number of sulfonamides is 1. The lowest BCUT2D eigenvalue weighted by Crippen LogP contribution is -2.44. The molecule has 0 radical (unpaired) electrons. The maximum absolute atomic E-state index is 13.4. The van der Waals surface area contributed by atoms with E-state index in [1.165, 1.54) is 4.31 Å². The number of fused-ring (bicyclic) bond motifs is 2. The quantitative estimate of drug-likeness (QED) is 0.763. The van der Waals surface area contributed by atoms with Crippen molar-refractivity contribution >= 4 is 15.9 Å². The van der Waals surface area contributed by atoms with Crippen LogP contribution in [0.1, 0.15) is 74.1 Å². The van der Waals surface area contributed by atoms with E-state index in [0.29, 0.717) is 11.6 Å². The zero-order valence-corrected chi connectivity index (χ0v) is 16.4. The molecule has 4 aliphatic rings. The first kappa shape index (κ1) is 16.8. The highest BCUT2D eigenvalue weighted by Crippen LogP contribution is 2.70. The fourth-order valence-electron chi connectivity index (χ4n) is 6.50. The predicted octanol–water partition coefficient (Wildman–Crippen LogP) is 2.66. The second-order valence-corrected chi connectivity index (χ2v) is 11.2. The lowest BCUT2D eigenvalue weighted by Gasteiger charge is -2.37. The highest BCUT2D eigenvalue weighted by atomic mass is 32.2. The minimum absolute atomic E-state index is 0.0255. The summed E-state index contributed by atoms with van der Waals surface area (Å²) in [5.41, 5.74) is 2.02. The molecule has 26 heavy (non-hydrogen) atoms. The highest BCUT2D eigenvalue weighted by Gasteiger charge is 2.72. The van der Waals surface area contributed by atoms with E-state index in [1.54, 1.807) is 0 Å². The summed E-state index contributed by atoms with van der Waals surface area (Å²) in [6.45, 7) is 4.41. The van der Waals surface area contributed by atoms with Crippen molar-refractivity contribution in [3.8, 4) is 0 Å².